The van der Waals surface area contributed by atoms with Gasteiger partial charge in [0, 0.05) is 12.0 Å². The lowest BCUT2D eigenvalue weighted by molar-refractivity contribution is -0.132. The van der Waals surface area contributed by atoms with Crippen molar-refractivity contribution in [1.29, 1.82) is 0 Å². The summed E-state index contributed by atoms with van der Waals surface area (Å²) in [7, 11) is 0. The minimum absolute atomic E-state index is 0.0884. The van der Waals surface area contributed by atoms with E-state index in [0.29, 0.717) is 6.54 Å². The first kappa shape index (κ1) is 10.3. The molecule has 2 aliphatic carbocycles. The molecule has 0 bridgehead atoms. The molecule has 3 N–H and O–H groups in total. The largest absolute Gasteiger partial charge is 0.389 e. The van der Waals surface area contributed by atoms with E-state index in [2.05, 4.69) is 24.3 Å². The second kappa shape index (κ2) is 3.31. The van der Waals surface area contributed by atoms with Gasteiger partial charge >= 0.3 is 0 Å². The lowest BCUT2D eigenvalue weighted by Gasteiger charge is -2.50. The standard InChI is InChI=1S/C14H19NO/c15-10-13(14(16)6-3-7-14)8-11-4-1-2-5-12(11)9-13/h1-2,4-5,16H,3,6-10,15H2. The quantitative estimate of drug-likeness (QED) is 0.791. The fourth-order valence-electron chi connectivity index (χ4n) is 3.40. The maximum absolute atomic E-state index is 10.7. The van der Waals surface area contributed by atoms with Gasteiger partial charge in [0.1, 0.15) is 0 Å². The van der Waals surface area contributed by atoms with Crippen LogP contribution < -0.4 is 5.73 Å². The molecule has 2 aliphatic rings. The summed E-state index contributed by atoms with van der Waals surface area (Å²) in [5, 5.41) is 10.7. The van der Waals surface area contributed by atoms with E-state index in [-0.39, 0.29) is 5.41 Å². The van der Waals surface area contributed by atoms with Crippen molar-refractivity contribution in [1.82, 2.24) is 0 Å². The third kappa shape index (κ3) is 1.20. The van der Waals surface area contributed by atoms with Crippen molar-refractivity contribution < 1.29 is 5.11 Å². The van der Waals surface area contributed by atoms with Crippen molar-refractivity contribution in [2.45, 2.75) is 37.7 Å². The zero-order valence-electron chi connectivity index (χ0n) is 9.58. The molecule has 2 nitrogen and oxygen atoms in total. The van der Waals surface area contributed by atoms with Gasteiger partial charge in [0.2, 0.25) is 0 Å². The van der Waals surface area contributed by atoms with Gasteiger partial charge in [-0.3, -0.25) is 0 Å². The average molecular weight is 217 g/mol. The van der Waals surface area contributed by atoms with Crippen LogP contribution in [0.15, 0.2) is 24.3 Å². The molecule has 0 atom stereocenters. The van der Waals surface area contributed by atoms with Gasteiger partial charge in [0.25, 0.3) is 0 Å². The number of benzene rings is 1. The third-order valence-electron chi connectivity index (χ3n) is 4.73. The summed E-state index contributed by atoms with van der Waals surface area (Å²) in [6.45, 7) is 0.595. The van der Waals surface area contributed by atoms with Gasteiger partial charge in [-0.25, -0.2) is 0 Å². The molecule has 1 aromatic carbocycles. The minimum Gasteiger partial charge on any atom is -0.389 e. The highest BCUT2D eigenvalue weighted by atomic mass is 16.3. The van der Waals surface area contributed by atoms with E-state index in [1.807, 2.05) is 0 Å². The zero-order valence-corrected chi connectivity index (χ0v) is 9.58. The van der Waals surface area contributed by atoms with Crippen molar-refractivity contribution in [3.8, 4) is 0 Å². The lowest BCUT2D eigenvalue weighted by Crippen LogP contribution is -2.57. The molecule has 1 saturated carbocycles. The Morgan fingerprint density at radius 3 is 2.06 bits per heavy atom. The Morgan fingerprint density at radius 1 is 1.12 bits per heavy atom. The van der Waals surface area contributed by atoms with Crippen LogP contribution in [0.5, 0.6) is 0 Å². The summed E-state index contributed by atoms with van der Waals surface area (Å²) in [6.07, 6.45) is 4.91. The van der Waals surface area contributed by atoms with Gasteiger partial charge in [-0.05, 0) is 43.2 Å². The Balaban J connectivity index is 1.96. The molecule has 0 saturated heterocycles. The molecule has 0 unspecified atom stereocenters. The highest BCUT2D eigenvalue weighted by Gasteiger charge is 2.55. The monoisotopic (exact) mass is 217 g/mol. The normalized spacial score (nSPS) is 24.9. The van der Waals surface area contributed by atoms with E-state index >= 15 is 0 Å². The third-order valence-corrected chi connectivity index (χ3v) is 4.73. The van der Waals surface area contributed by atoms with Crippen LogP contribution in [0.1, 0.15) is 30.4 Å². The average Bonchev–Trinajstić information content (AvgIpc) is 2.65. The van der Waals surface area contributed by atoms with Crippen molar-refractivity contribution in [2.75, 3.05) is 6.54 Å². The number of nitrogens with two attached hydrogens (primary N) is 1. The summed E-state index contributed by atoms with van der Waals surface area (Å²) >= 11 is 0. The predicted molar refractivity (Wildman–Crippen MR) is 64.1 cm³/mol. The molecular weight excluding hydrogens is 198 g/mol. The van der Waals surface area contributed by atoms with Crippen LogP contribution in [0.3, 0.4) is 0 Å². The first-order valence-corrected chi connectivity index (χ1v) is 6.18. The molecular formula is C14H19NO. The van der Waals surface area contributed by atoms with E-state index in [0.717, 1.165) is 32.1 Å². The fourth-order valence-corrected chi connectivity index (χ4v) is 3.40. The number of rotatable bonds is 2. The maximum atomic E-state index is 10.7. The van der Waals surface area contributed by atoms with Crippen LogP contribution in [0.25, 0.3) is 0 Å². The van der Waals surface area contributed by atoms with Crippen LogP contribution in [-0.2, 0) is 12.8 Å². The molecule has 86 valence electrons. The summed E-state index contributed by atoms with van der Waals surface area (Å²) in [5.41, 5.74) is 8.16. The number of fused-ring (bicyclic) bond motifs is 1. The first-order chi connectivity index (χ1) is 7.69. The second-order valence-corrected chi connectivity index (χ2v) is 5.49. The van der Waals surface area contributed by atoms with Crippen molar-refractivity contribution in [2.24, 2.45) is 11.1 Å². The predicted octanol–water partition coefficient (Wildman–Crippen LogP) is 1.65. The van der Waals surface area contributed by atoms with E-state index in [9.17, 15) is 5.11 Å². The Bertz CT molecular complexity index is 384. The molecule has 1 fully saturated rings. The van der Waals surface area contributed by atoms with Gasteiger partial charge in [-0.2, -0.15) is 0 Å². The van der Waals surface area contributed by atoms with Crippen LogP contribution in [0.2, 0.25) is 0 Å². The van der Waals surface area contributed by atoms with Gasteiger partial charge in [-0.1, -0.05) is 24.3 Å². The molecule has 0 aromatic heterocycles. The Kier molecular flexibility index (Phi) is 2.13. The first-order valence-electron chi connectivity index (χ1n) is 6.18. The number of aliphatic hydroxyl groups is 1. The lowest BCUT2D eigenvalue weighted by atomic mass is 9.60. The van der Waals surface area contributed by atoms with Crippen LogP contribution in [-0.4, -0.2) is 17.3 Å². The highest BCUT2D eigenvalue weighted by Crippen LogP contribution is 2.52. The van der Waals surface area contributed by atoms with Crippen molar-refractivity contribution in [3.63, 3.8) is 0 Å². The van der Waals surface area contributed by atoms with Crippen molar-refractivity contribution in [3.05, 3.63) is 35.4 Å². The van der Waals surface area contributed by atoms with E-state index in [4.69, 9.17) is 5.73 Å². The van der Waals surface area contributed by atoms with Crippen LogP contribution in [0, 0.1) is 5.41 Å². The maximum Gasteiger partial charge on any atom is 0.0722 e. The molecule has 0 aliphatic heterocycles. The molecule has 0 radical (unpaired) electrons. The molecule has 0 spiro atoms. The topological polar surface area (TPSA) is 46.2 Å². The van der Waals surface area contributed by atoms with E-state index < -0.39 is 5.60 Å². The summed E-state index contributed by atoms with van der Waals surface area (Å²) in [6, 6.07) is 8.51. The zero-order chi connectivity index (χ0) is 11.2. The Morgan fingerprint density at radius 2 is 1.69 bits per heavy atom. The molecule has 0 heterocycles. The van der Waals surface area contributed by atoms with Gasteiger partial charge in [-0.15, -0.1) is 0 Å². The van der Waals surface area contributed by atoms with Gasteiger partial charge in [0.05, 0.1) is 5.60 Å². The Hall–Kier alpha value is -0.860. The fraction of sp³-hybridized carbons (Fsp3) is 0.571. The number of hydrogen-bond donors (Lipinski definition) is 2. The molecule has 3 rings (SSSR count). The van der Waals surface area contributed by atoms with Gasteiger partial charge < -0.3 is 10.8 Å². The van der Waals surface area contributed by atoms with Crippen molar-refractivity contribution >= 4 is 0 Å². The number of hydrogen-bond acceptors (Lipinski definition) is 2. The minimum atomic E-state index is -0.499. The SMILES string of the molecule is NCC1(C2(O)CCC2)Cc2ccccc2C1. The summed E-state index contributed by atoms with van der Waals surface area (Å²) in [4.78, 5) is 0. The smallest absolute Gasteiger partial charge is 0.0722 e. The molecule has 2 heteroatoms. The van der Waals surface area contributed by atoms with Crippen LogP contribution in [0.4, 0.5) is 0 Å². The van der Waals surface area contributed by atoms with E-state index in [1.165, 1.54) is 11.1 Å². The van der Waals surface area contributed by atoms with E-state index in [1.54, 1.807) is 0 Å². The highest BCUT2D eigenvalue weighted by molar-refractivity contribution is 5.36. The van der Waals surface area contributed by atoms with Crippen LogP contribution >= 0.6 is 0 Å². The second-order valence-electron chi connectivity index (χ2n) is 5.49. The summed E-state index contributed by atoms with van der Waals surface area (Å²) in [5.74, 6) is 0. The molecule has 1 aromatic rings. The Labute approximate surface area is 96.5 Å². The summed E-state index contributed by atoms with van der Waals surface area (Å²) < 4.78 is 0. The molecule has 0 amide bonds. The van der Waals surface area contributed by atoms with Gasteiger partial charge in [0.15, 0.2) is 0 Å². The molecule has 16 heavy (non-hydrogen) atoms.